The number of aliphatic hydroxyl groups excluding tert-OH is 1. The number of Topliss-reactive ketones (excluding diaryl/α,β-unsaturated/α-hetero) is 1. The zero-order valence-electron chi connectivity index (χ0n) is 18.2. The van der Waals surface area contributed by atoms with Gasteiger partial charge in [-0.25, -0.2) is 4.79 Å². The molecule has 1 amide bonds. The van der Waals surface area contributed by atoms with Gasteiger partial charge in [0.1, 0.15) is 23.0 Å². The Kier molecular flexibility index (Phi) is 7.19. The number of ketones is 1. The lowest BCUT2D eigenvalue weighted by Gasteiger charge is -2.17. The van der Waals surface area contributed by atoms with Gasteiger partial charge >= 0.3 is 5.97 Å². The molecule has 0 aliphatic carbocycles. The van der Waals surface area contributed by atoms with Crippen LogP contribution in [0.15, 0.2) is 42.2 Å². The highest BCUT2D eigenvalue weighted by Crippen LogP contribution is 2.36. The summed E-state index contributed by atoms with van der Waals surface area (Å²) in [6.07, 6.45) is 0.263. The van der Waals surface area contributed by atoms with E-state index in [4.69, 9.17) is 24.1 Å². The molecule has 1 aliphatic rings. The van der Waals surface area contributed by atoms with Gasteiger partial charge in [0, 0.05) is 11.6 Å². The molecule has 3 N–H and O–H groups in total. The predicted molar refractivity (Wildman–Crippen MR) is 116 cm³/mol. The first-order valence-electron chi connectivity index (χ1n) is 9.86. The topological polar surface area (TPSA) is 141 Å². The molecule has 0 aromatic heterocycles. The van der Waals surface area contributed by atoms with Crippen molar-refractivity contribution in [2.75, 3.05) is 20.8 Å². The second-order valence-electron chi connectivity index (χ2n) is 7.12. The zero-order valence-corrected chi connectivity index (χ0v) is 18.2. The lowest BCUT2D eigenvalue weighted by atomic mass is 10.1. The second kappa shape index (κ2) is 10.0. The molecule has 2 aromatic rings. The fraction of sp³-hybridized carbons (Fsp3) is 0.261. The highest BCUT2D eigenvalue weighted by molar-refractivity contribution is 6.14. The van der Waals surface area contributed by atoms with E-state index in [-0.39, 0.29) is 23.0 Å². The number of carboxylic acid groups (broad SMARTS) is 1. The van der Waals surface area contributed by atoms with Crippen LogP contribution < -0.4 is 24.3 Å². The largest absolute Gasteiger partial charge is 0.497 e. The van der Waals surface area contributed by atoms with Gasteiger partial charge in [-0.15, -0.1) is 0 Å². The molecule has 0 spiro atoms. The molecule has 0 fully saturated rings. The summed E-state index contributed by atoms with van der Waals surface area (Å²) in [7, 11) is 3.04. The Bertz CT molecular complexity index is 1110. The number of hydrogen-bond donors (Lipinski definition) is 3. The number of rotatable bonds is 9. The van der Waals surface area contributed by atoms with Crippen LogP contribution in [0.3, 0.4) is 0 Å². The van der Waals surface area contributed by atoms with Gasteiger partial charge < -0.3 is 34.5 Å². The first-order chi connectivity index (χ1) is 15.7. The van der Waals surface area contributed by atoms with Crippen LogP contribution in [0.2, 0.25) is 0 Å². The van der Waals surface area contributed by atoms with Crippen LogP contribution in [0, 0.1) is 0 Å². The smallest absolute Gasteiger partial charge is 0.328 e. The van der Waals surface area contributed by atoms with Crippen molar-refractivity contribution < 1.29 is 43.5 Å². The van der Waals surface area contributed by atoms with E-state index < -0.39 is 30.6 Å². The number of amides is 1. The monoisotopic (exact) mass is 457 g/mol. The zero-order chi connectivity index (χ0) is 24.1. The minimum absolute atomic E-state index is 0.0766. The lowest BCUT2D eigenvalue weighted by Crippen LogP contribution is -2.49. The highest BCUT2D eigenvalue weighted by Gasteiger charge is 2.29. The third-order valence-corrected chi connectivity index (χ3v) is 4.80. The molecule has 1 heterocycles. The number of carbonyl (C=O) groups is 3. The van der Waals surface area contributed by atoms with E-state index in [1.807, 2.05) is 0 Å². The van der Waals surface area contributed by atoms with Gasteiger partial charge in [-0.05, 0) is 43.3 Å². The summed E-state index contributed by atoms with van der Waals surface area (Å²) < 4.78 is 21.6. The first kappa shape index (κ1) is 23.6. The second-order valence-corrected chi connectivity index (χ2v) is 7.12. The molecule has 1 aliphatic heterocycles. The normalized spacial score (nSPS) is 15.3. The van der Waals surface area contributed by atoms with E-state index in [2.05, 4.69) is 5.32 Å². The van der Waals surface area contributed by atoms with Crippen molar-refractivity contribution in [3.8, 4) is 23.0 Å². The number of hydrogen-bond acceptors (Lipinski definition) is 8. The molecule has 33 heavy (non-hydrogen) atoms. The van der Waals surface area contributed by atoms with Crippen LogP contribution in [0.5, 0.6) is 23.0 Å². The molecule has 174 valence electrons. The molecule has 10 nitrogen and oxygen atoms in total. The Morgan fingerprint density at radius 1 is 1.12 bits per heavy atom. The van der Waals surface area contributed by atoms with Gasteiger partial charge in [0.25, 0.3) is 5.91 Å². The summed E-state index contributed by atoms with van der Waals surface area (Å²) in [5.41, 5.74) is 0.909. The number of benzene rings is 2. The van der Waals surface area contributed by atoms with E-state index in [0.29, 0.717) is 22.6 Å². The van der Waals surface area contributed by atoms with Crippen molar-refractivity contribution >= 4 is 23.7 Å². The molecule has 0 saturated heterocycles. The SMILES string of the molecule is COc1ccc(OC)c(C=C2Oc3cc(OCC(=O)NC(C(=O)O)C(C)O)ccc3C2=O)c1. The number of aliphatic hydroxyl groups is 1. The van der Waals surface area contributed by atoms with E-state index in [0.717, 1.165) is 0 Å². The Balaban J connectivity index is 1.72. The molecular weight excluding hydrogens is 434 g/mol. The van der Waals surface area contributed by atoms with Crippen molar-refractivity contribution in [1.82, 2.24) is 5.32 Å². The van der Waals surface area contributed by atoms with E-state index >= 15 is 0 Å². The van der Waals surface area contributed by atoms with Crippen molar-refractivity contribution in [2.24, 2.45) is 0 Å². The Morgan fingerprint density at radius 3 is 2.48 bits per heavy atom. The summed E-state index contributed by atoms with van der Waals surface area (Å²) >= 11 is 0. The average Bonchev–Trinajstić information content (AvgIpc) is 3.10. The minimum Gasteiger partial charge on any atom is -0.497 e. The van der Waals surface area contributed by atoms with Crippen LogP contribution >= 0.6 is 0 Å². The van der Waals surface area contributed by atoms with Crippen molar-refractivity contribution in [2.45, 2.75) is 19.1 Å². The van der Waals surface area contributed by atoms with E-state index in [9.17, 15) is 19.5 Å². The van der Waals surface area contributed by atoms with Crippen LogP contribution in [-0.2, 0) is 9.59 Å². The molecule has 2 aromatic carbocycles. The number of fused-ring (bicyclic) bond motifs is 1. The Hall–Kier alpha value is -4.05. The number of carboxylic acids is 1. The van der Waals surface area contributed by atoms with Gasteiger partial charge in [-0.2, -0.15) is 0 Å². The van der Waals surface area contributed by atoms with Gasteiger partial charge in [-0.3, -0.25) is 9.59 Å². The van der Waals surface area contributed by atoms with Crippen LogP contribution in [0.25, 0.3) is 6.08 Å². The van der Waals surface area contributed by atoms with Crippen LogP contribution in [-0.4, -0.2) is 60.8 Å². The van der Waals surface area contributed by atoms with Gasteiger partial charge in [0.2, 0.25) is 5.78 Å². The summed E-state index contributed by atoms with van der Waals surface area (Å²) in [5, 5.41) is 20.6. The number of nitrogens with one attached hydrogen (secondary N) is 1. The molecular formula is C23H23NO9. The standard InChI is InChI=1S/C23H23NO9/c1-12(25)21(23(28)29)24-20(26)11-32-15-4-6-16-18(10-15)33-19(22(16)27)9-13-8-14(30-2)5-7-17(13)31-3/h4-10,12,21,25H,11H2,1-3H3,(H,24,26)(H,28,29). The summed E-state index contributed by atoms with van der Waals surface area (Å²) in [6, 6.07) is 8.14. The fourth-order valence-corrected chi connectivity index (χ4v) is 3.10. The minimum atomic E-state index is -1.46. The van der Waals surface area contributed by atoms with E-state index in [1.165, 1.54) is 39.3 Å². The molecule has 10 heteroatoms. The van der Waals surface area contributed by atoms with Gasteiger partial charge in [-0.1, -0.05) is 0 Å². The molecule has 3 rings (SSSR count). The number of aliphatic carboxylic acids is 1. The maximum atomic E-state index is 12.7. The van der Waals surface area contributed by atoms with Crippen LogP contribution in [0.1, 0.15) is 22.8 Å². The molecule has 0 bridgehead atoms. The van der Waals surface area contributed by atoms with Crippen molar-refractivity contribution in [3.05, 3.63) is 53.3 Å². The lowest BCUT2D eigenvalue weighted by molar-refractivity contribution is -0.145. The van der Waals surface area contributed by atoms with Crippen molar-refractivity contribution in [1.29, 1.82) is 0 Å². The van der Waals surface area contributed by atoms with Crippen LogP contribution in [0.4, 0.5) is 0 Å². The molecule has 0 saturated carbocycles. The summed E-state index contributed by atoms with van der Waals surface area (Å²) in [6.45, 7) is 0.758. The third kappa shape index (κ3) is 5.42. The predicted octanol–water partition coefficient (Wildman–Crippen LogP) is 1.65. The molecule has 2 atom stereocenters. The Morgan fingerprint density at radius 2 is 1.85 bits per heavy atom. The number of ether oxygens (including phenoxy) is 4. The molecule has 2 unspecified atom stereocenters. The maximum Gasteiger partial charge on any atom is 0.328 e. The maximum absolute atomic E-state index is 12.7. The van der Waals surface area contributed by atoms with Gasteiger partial charge in [0.05, 0.1) is 25.9 Å². The first-order valence-corrected chi connectivity index (χ1v) is 9.86. The molecule has 0 radical (unpaired) electrons. The Labute approximate surface area is 189 Å². The fourth-order valence-electron chi connectivity index (χ4n) is 3.10. The third-order valence-electron chi connectivity index (χ3n) is 4.80. The summed E-state index contributed by atoms with van der Waals surface area (Å²) in [5.74, 6) is -0.753. The highest BCUT2D eigenvalue weighted by atomic mass is 16.5. The quantitative estimate of drug-likeness (QED) is 0.479. The number of allylic oxidation sites excluding steroid dienone is 1. The van der Waals surface area contributed by atoms with Crippen molar-refractivity contribution in [3.63, 3.8) is 0 Å². The number of carbonyl (C=O) groups excluding carboxylic acids is 2. The van der Waals surface area contributed by atoms with E-state index in [1.54, 1.807) is 24.3 Å². The average molecular weight is 457 g/mol. The van der Waals surface area contributed by atoms with Gasteiger partial charge in [0.15, 0.2) is 18.4 Å². The summed E-state index contributed by atoms with van der Waals surface area (Å²) in [4.78, 5) is 35.8. The number of methoxy groups -OCH3 is 2.